The Morgan fingerprint density at radius 1 is 1.16 bits per heavy atom. The molecule has 0 saturated heterocycles. The summed E-state index contributed by atoms with van der Waals surface area (Å²) in [6.07, 6.45) is 4.44. The number of nitrogens with one attached hydrogen (secondary N) is 1. The van der Waals surface area contributed by atoms with Gasteiger partial charge >= 0.3 is 0 Å². The SMILES string of the molecule is CCCCCCOc1ccc(Br)cc1C(=O)Nc1cccc(Cl)c1Cl. The summed E-state index contributed by atoms with van der Waals surface area (Å²) in [6.45, 7) is 2.75. The Bertz CT molecular complexity index is 737. The van der Waals surface area contributed by atoms with Crippen molar-refractivity contribution in [1.29, 1.82) is 0 Å². The molecule has 3 nitrogen and oxygen atoms in total. The van der Waals surface area contributed by atoms with Gasteiger partial charge in [-0.05, 0) is 36.8 Å². The van der Waals surface area contributed by atoms with Crippen molar-refractivity contribution < 1.29 is 9.53 Å². The average molecular weight is 445 g/mol. The topological polar surface area (TPSA) is 38.3 Å². The van der Waals surface area contributed by atoms with E-state index in [9.17, 15) is 4.79 Å². The third-order valence-corrected chi connectivity index (χ3v) is 4.95. The third kappa shape index (κ3) is 5.91. The van der Waals surface area contributed by atoms with E-state index < -0.39 is 0 Å². The fourth-order valence-corrected chi connectivity index (χ4v) is 3.02. The van der Waals surface area contributed by atoms with Crippen molar-refractivity contribution in [1.82, 2.24) is 0 Å². The number of hydrogen-bond donors (Lipinski definition) is 1. The van der Waals surface area contributed by atoms with Gasteiger partial charge in [0.05, 0.1) is 27.9 Å². The van der Waals surface area contributed by atoms with Gasteiger partial charge in [-0.1, -0.05) is 71.4 Å². The van der Waals surface area contributed by atoms with Crippen LogP contribution in [-0.2, 0) is 0 Å². The number of amides is 1. The predicted octanol–water partition coefficient (Wildman–Crippen LogP) is 6.97. The van der Waals surface area contributed by atoms with Gasteiger partial charge in [-0.25, -0.2) is 0 Å². The van der Waals surface area contributed by atoms with Crippen molar-refractivity contribution in [3.05, 3.63) is 56.5 Å². The number of carbonyl (C=O) groups excluding carboxylic acids is 1. The highest BCUT2D eigenvalue weighted by atomic mass is 79.9. The molecule has 0 fully saturated rings. The summed E-state index contributed by atoms with van der Waals surface area (Å²) in [5.41, 5.74) is 0.911. The Morgan fingerprint density at radius 2 is 1.96 bits per heavy atom. The van der Waals surface area contributed by atoms with Crippen LogP contribution in [0.5, 0.6) is 5.75 Å². The maximum Gasteiger partial charge on any atom is 0.259 e. The average Bonchev–Trinajstić information content (AvgIpc) is 2.59. The van der Waals surface area contributed by atoms with E-state index in [1.54, 1.807) is 30.3 Å². The van der Waals surface area contributed by atoms with Crippen molar-refractivity contribution in [3.8, 4) is 5.75 Å². The number of carbonyl (C=O) groups is 1. The van der Waals surface area contributed by atoms with Gasteiger partial charge in [0.1, 0.15) is 5.75 Å². The van der Waals surface area contributed by atoms with Crippen LogP contribution in [0.1, 0.15) is 43.0 Å². The highest BCUT2D eigenvalue weighted by Crippen LogP contribution is 2.31. The molecule has 1 amide bonds. The maximum atomic E-state index is 12.7. The van der Waals surface area contributed by atoms with Crippen LogP contribution >= 0.6 is 39.1 Å². The molecule has 2 aromatic rings. The van der Waals surface area contributed by atoms with Crippen molar-refractivity contribution in [2.45, 2.75) is 32.6 Å². The van der Waals surface area contributed by atoms with Crippen LogP contribution in [0, 0.1) is 0 Å². The minimum Gasteiger partial charge on any atom is -0.493 e. The fourth-order valence-electron chi connectivity index (χ4n) is 2.31. The summed E-state index contributed by atoms with van der Waals surface area (Å²) in [6, 6.07) is 10.5. The Morgan fingerprint density at radius 3 is 2.72 bits per heavy atom. The van der Waals surface area contributed by atoms with Crippen LogP contribution in [-0.4, -0.2) is 12.5 Å². The van der Waals surface area contributed by atoms with E-state index >= 15 is 0 Å². The standard InChI is InChI=1S/C19H20BrCl2NO2/c1-2-3-4-5-11-25-17-10-9-13(20)12-14(17)19(24)23-16-8-6-7-15(21)18(16)22/h6-10,12H,2-5,11H2,1H3,(H,23,24). The molecule has 0 unspecified atom stereocenters. The summed E-state index contributed by atoms with van der Waals surface area (Å²) in [4.78, 5) is 12.7. The lowest BCUT2D eigenvalue weighted by molar-refractivity contribution is 0.102. The molecule has 0 aromatic heterocycles. The van der Waals surface area contributed by atoms with Crippen molar-refractivity contribution in [3.63, 3.8) is 0 Å². The second-order valence-corrected chi connectivity index (χ2v) is 7.31. The van der Waals surface area contributed by atoms with E-state index in [0.29, 0.717) is 33.7 Å². The molecular formula is C19H20BrCl2NO2. The lowest BCUT2D eigenvalue weighted by atomic mass is 10.1. The van der Waals surface area contributed by atoms with Crippen molar-refractivity contribution in [2.75, 3.05) is 11.9 Å². The van der Waals surface area contributed by atoms with Gasteiger partial charge in [0.2, 0.25) is 0 Å². The molecule has 0 aliphatic rings. The predicted molar refractivity (Wildman–Crippen MR) is 108 cm³/mol. The molecule has 2 aromatic carbocycles. The van der Waals surface area contributed by atoms with Crippen molar-refractivity contribution in [2.24, 2.45) is 0 Å². The second-order valence-electron chi connectivity index (χ2n) is 5.61. The van der Waals surface area contributed by atoms with Gasteiger partial charge in [-0.2, -0.15) is 0 Å². The normalized spacial score (nSPS) is 10.6. The van der Waals surface area contributed by atoms with Crippen LogP contribution in [0.15, 0.2) is 40.9 Å². The summed E-state index contributed by atoms with van der Waals surface area (Å²) in [7, 11) is 0. The van der Waals surface area contributed by atoms with E-state index in [1.807, 2.05) is 6.07 Å². The summed E-state index contributed by atoms with van der Waals surface area (Å²) >= 11 is 15.5. The van der Waals surface area contributed by atoms with E-state index in [-0.39, 0.29) is 5.91 Å². The molecule has 0 aliphatic carbocycles. The number of halogens is 3. The van der Waals surface area contributed by atoms with Gasteiger partial charge in [0.15, 0.2) is 0 Å². The van der Waals surface area contributed by atoms with Gasteiger partial charge in [-0.15, -0.1) is 0 Å². The van der Waals surface area contributed by atoms with Gasteiger partial charge in [0.25, 0.3) is 5.91 Å². The number of rotatable bonds is 8. The maximum absolute atomic E-state index is 12.7. The number of anilines is 1. The van der Waals surface area contributed by atoms with Crippen LogP contribution in [0.4, 0.5) is 5.69 Å². The zero-order valence-electron chi connectivity index (χ0n) is 14.0. The van der Waals surface area contributed by atoms with Gasteiger partial charge in [0, 0.05) is 4.47 Å². The second kappa shape index (κ2) is 10.0. The molecule has 25 heavy (non-hydrogen) atoms. The molecule has 0 heterocycles. The van der Waals surface area contributed by atoms with Crippen LogP contribution in [0.25, 0.3) is 0 Å². The van der Waals surface area contributed by atoms with E-state index in [0.717, 1.165) is 17.3 Å². The summed E-state index contributed by atoms with van der Waals surface area (Å²) in [5.74, 6) is 0.254. The lowest BCUT2D eigenvalue weighted by Gasteiger charge is -2.13. The first-order valence-corrected chi connectivity index (χ1v) is 9.75. The zero-order valence-corrected chi connectivity index (χ0v) is 17.0. The Balaban J connectivity index is 2.12. The summed E-state index contributed by atoms with van der Waals surface area (Å²) in [5, 5.41) is 3.49. The molecule has 0 aliphatic heterocycles. The Labute approximate surface area is 166 Å². The Hall–Kier alpha value is -1.23. The highest BCUT2D eigenvalue weighted by Gasteiger charge is 2.15. The van der Waals surface area contributed by atoms with E-state index in [1.165, 1.54) is 12.8 Å². The van der Waals surface area contributed by atoms with E-state index in [2.05, 4.69) is 28.2 Å². The molecule has 0 spiro atoms. The molecule has 6 heteroatoms. The first-order chi connectivity index (χ1) is 12.0. The lowest BCUT2D eigenvalue weighted by Crippen LogP contribution is -2.14. The largest absolute Gasteiger partial charge is 0.493 e. The molecule has 2 rings (SSSR count). The molecule has 0 saturated carbocycles. The quantitative estimate of drug-likeness (QED) is 0.446. The van der Waals surface area contributed by atoms with Crippen molar-refractivity contribution >= 4 is 50.7 Å². The number of ether oxygens (including phenoxy) is 1. The summed E-state index contributed by atoms with van der Waals surface area (Å²) < 4.78 is 6.61. The minimum atomic E-state index is -0.297. The first-order valence-electron chi connectivity index (χ1n) is 8.20. The molecule has 0 radical (unpaired) electrons. The van der Waals surface area contributed by atoms with E-state index in [4.69, 9.17) is 27.9 Å². The fraction of sp³-hybridized carbons (Fsp3) is 0.316. The Kier molecular flexibility index (Phi) is 8.07. The zero-order chi connectivity index (χ0) is 18.2. The van der Waals surface area contributed by atoms with Gasteiger partial charge in [-0.3, -0.25) is 4.79 Å². The third-order valence-electron chi connectivity index (χ3n) is 3.64. The number of hydrogen-bond acceptors (Lipinski definition) is 2. The van der Waals surface area contributed by atoms with Crippen LogP contribution in [0.2, 0.25) is 10.0 Å². The molecular weight excluding hydrogens is 425 g/mol. The molecule has 0 atom stereocenters. The minimum absolute atomic E-state index is 0.297. The monoisotopic (exact) mass is 443 g/mol. The van der Waals surface area contributed by atoms with Gasteiger partial charge < -0.3 is 10.1 Å². The molecule has 0 bridgehead atoms. The number of unbranched alkanes of at least 4 members (excludes halogenated alkanes) is 3. The smallest absolute Gasteiger partial charge is 0.259 e. The van der Waals surface area contributed by atoms with Crippen LogP contribution in [0.3, 0.4) is 0 Å². The highest BCUT2D eigenvalue weighted by molar-refractivity contribution is 9.10. The molecule has 134 valence electrons. The molecule has 1 N–H and O–H groups in total. The van der Waals surface area contributed by atoms with Crippen LogP contribution < -0.4 is 10.1 Å². The first kappa shape index (κ1) is 20.1. The number of benzene rings is 2.